The molecule has 0 aliphatic rings. The van der Waals surface area contributed by atoms with Gasteiger partial charge >= 0.3 is 0 Å². The van der Waals surface area contributed by atoms with E-state index < -0.39 is 6.10 Å². The van der Waals surface area contributed by atoms with Gasteiger partial charge < -0.3 is 15.4 Å². The summed E-state index contributed by atoms with van der Waals surface area (Å²) in [5.41, 5.74) is 1.24. The highest BCUT2D eigenvalue weighted by molar-refractivity contribution is 5.95. The lowest BCUT2D eigenvalue weighted by Gasteiger charge is -2.17. The molecule has 24 heavy (non-hydrogen) atoms. The van der Waals surface area contributed by atoms with Crippen LogP contribution in [0.3, 0.4) is 0 Å². The third-order valence-electron chi connectivity index (χ3n) is 3.23. The van der Waals surface area contributed by atoms with Crippen LogP contribution in [0.25, 0.3) is 0 Å². The summed E-state index contributed by atoms with van der Waals surface area (Å²) in [6, 6.07) is 12.3. The molecule has 2 rings (SSSR count). The van der Waals surface area contributed by atoms with Crippen molar-refractivity contribution in [3.05, 3.63) is 54.3 Å². The molecule has 0 unspecified atom stereocenters. The number of hydrogen-bond acceptors (Lipinski definition) is 3. The number of halogens is 1. The first kappa shape index (κ1) is 17.5. The predicted octanol–water partition coefficient (Wildman–Crippen LogP) is 3.58. The fourth-order valence-electron chi connectivity index (χ4n) is 2.06. The summed E-state index contributed by atoms with van der Waals surface area (Å²) < 4.78 is 18.5. The first-order chi connectivity index (χ1) is 11.5. The minimum Gasteiger partial charge on any atom is -0.481 e. The highest BCUT2D eigenvalue weighted by Gasteiger charge is 2.18. The Balaban J connectivity index is 1.98. The Morgan fingerprint density at radius 1 is 1.00 bits per heavy atom. The van der Waals surface area contributed by atoms with Crippen molar-refractivity contribution in [2.45, 2.75) is 26.4 Å². The molecule has 0 aliphatic carbocycles. The predicted molar refractivity (Wildman–Crippen MR) is 90.5 cm³/mol. The fourth-order valence-corrected chi connectivity index (χ4v) is 2.06. The second-order valence-corrected chi connectivity index (χ2v) is 5.22. The Morgan fingerprint density at radius 2 is 1.54 bits per heavy atom. The van der Waals surface area contributed by atoms with Crippen molar-refractivity contribution in [2.24, 2.45) is 0 Å². The number of hydrogen-bond donors (Lipinski definition) is 2. The first-order valence-electron chi connectivity index (χ1n) is 7.58. The molecule has 0 aromatic heterocycles. The summed E-state index contributed by atoms with van der Waals surface area (Å²) in [7, 11) is 0. The lowest BCUT2D eigenvalue weighted by atomic mass is 10.2. The van der Waals surface area contributed by atoms with E-state index >= 15 is 0 Å². The summed E-state index contributed by atoms with van der Waals surface area (Å²) in [5, 5.41) is 5.40. The van der Waals surface area contributed by atoms with Crippen LogP contribution < -0.4 is 15.4 Å². The lowest BCUT2D eigenvalue weighted by Crippen LogP contribution is -2.32. The van der Waals surface area contributed by atoms with Gasteiger partial charge in [0.2, 0.25) is 5.91 Å². The molecule has 6 heteroatoms. The maximum Gasteiger partial charge on any atom is 0.265 e. The van der Waals surface area contributed by atoms with E-state index in [9.17, 15) is 14.0 Å². The molecule has 0 aliphatic heterocycles. The normalized spacial score (nSPS) is 11.5. The van der Waals surface area contributed by atoms with Crippen LogP contribution in [-0.4, -0.2) is 17.9 Å². The SMILES string of the molecule is CC[C@@H](Oc1ccc(F)cc1)C(=O)Nc1ccc(NC(C)=O)cc1. The van der Waals surface area contributed by atoms with Crippen molar-refractivity contribution >= 4 is 23.2 Å². The Labute approximate surface area is 139 Å². The van der Waals surface area contributed by atoms with Crippen molar-refractivity contribution in [3.8, 4) is 5.75 Å². The van der Waals surface area contributed by atoms with Crippen LogP contribution in [0, 0.1) is 5.82 Å². The Hall–Kier alpha value is -2.89. The van der Waals surface area contributed by atoms with Gasteiger partial charge in [0, 0.05) is 18.3 Å². The average molecular weight is 330 g/mol. The molecule has 2 N–H and O–H groups in total. The minimum atomic E-state index is -0.689. The largest absolute Gasteiger partial charge is 0.481 e. The molecule has 0 radical (unpaired) electrons. The molecular formula is C18H19FN2O3. The quantitative estimate of drug-likeness (QED) is 0.851. The number of anilines is 2. The van der Waals surface area contributed by atoms with E-state index in [2.05, 4.69) is 10.6 Å². The van der Waals surface area contributed by atoms with E-state index in [1.807, 2.05) is 6.92 Å². The van der Waals surface area contributed by atoms with Gasteiger partial charge in [0.1, 0.15) is 11.6 Å². The molecule has 5 nitrogen and oxygen atoms in total. The van der Waals surface area contributed by atoms with E-state index in [1.165, 1.54) is 31.2 Å². The third kappa shape index (κ3) is 5.08. The van der Waals surface area contributed by atoms with Crippen LogP contribution in [0.4, 0.5) is 15.8 Å². The van der Waals surface area contributed by atoms with Crippen LogP contribution in [0.5, 0.6) is 5.75 Å². The molecule has 0 fully saturated rings. The summed E-state index contributed by atoms with van der Waals surface area (Å²) in [6.45, 7) is 3.25. The number of rotatable bonds is 6. The van der Waals surface area contributed by atoms with E-state index in [0.717, 1.165) is 0 Å². The summed E-state index contributed by atoms with van der Waals surface area (Å²) in [6.07, 6.45) is -0.224. The van der Waals surface area contributed by atoms with Crippen LogP contribution in [-0.2, 0) is 9.59 Å². The smallest absolute Gasteiger partial charge is 0.265 e. The van der Waals surface area contributed by atoms with E-state index in [4.69, 9.17) is 4.74 Å². The molecule has 0 saturated heterocycles. The summed E-state index contributed by atoms with van der Waals surface area (Å²) in [5.74, 6) is -0.391. The Bertz CT molecular complexity index is 699. The van der Waals surface area contributed by atoms with Crippen molar-refractivity contribution in [1.82, 2.24) is 0 Å². The molecule has 1 atom stereocenters. The number of amides is 2. The second kappa shape index (κ2) is 8.10. The Morgan fingerprint density at radius 3 is 2.04 bits per heavy atom. The monoisotopic (exact) mass is 330 g/mol. The molecule has 0 spiro atoms. The van der Waals surface area contributed by atoms with Gasteiger partial charge in [-0.15, -0.1) is 0 Å². The van der Waals surface area contributed by atoms with Gasteiger partial charge in [-0.05, 0) is 55.0 Å². The van der Waals surface area contributed by atoms with Crippen molar-refractivity contribution in [1.29, 1.82) is 0 Å². The van der Waals surface area contributed by atoms with E-state index in [-0.39, 0.29) is 17.6 Å². The summed E-state index contributed by atoms with van der Waals surface area (Å²) >= 11 is 0. The van der Waals surface area contributed by atoms with Gasteiger partial charge in [0.05, 0.1) is 0 Å². The van der Waals surface area contributed by atoms with Gasteiger partial charge in [-0.2, -0.15) is 0 Å². The zero-order valence-electron chi connectivity index (χ0n) is 13.5. The van der Waals surface area contributed by atoms with Crippen LogP contribution in [0.15, 0.2) is 48.5 Å². The minimum absolute atomic E-state index is 0.162. The average Bonchev–Trinajstić information content (AvgIpc) is 2.55. The van der Waals surface area contributed by atoms with Crippen molar-refractivity contribution < 1.29 is 18.7 Å². The van der Waals surface area contributed by atoms with E-state index in [1.54, 1.807) is 24.3 Å². The van der Waals surface area contributed by atoms with Crippen molar-refractivity contribution in [2.75, 3.05) is 10.6 Å². The molecule has 2 aromatic rings. The number of carbonyl (C=O) groups is 2. The molecule has 2 amide bonds. The number of ether oxygens (including phenoxy) is 1. The number of carbonyl (C=O) groups excluding carboxylic acids is 2. The third-order valence-corrected chi connectivity index (χ3v) is 3.23. The van der Waals surface area contributed by atoms with Gasteiger partial charge in [-0.3, -0.25) is 9.59 Å². The molecular weight excluding hydrogens is 311 g/mol. The maximum absolute atomic E-state index is 12.9. The fraction of sp³-hybridized carbons (Fsp3) is 0.222. The number of benzene rings is 2. The molecule has 2 aromatic carbocycles. The summed E-state index contributed by atoms with van der Waals surface area (Å²) in [4.78, 5) is 23.3. The maximum atomic E-state index is 12.9. The lowest BCUT2D eigenvalue weighted by molar-refractivity contribution is -0.122. The van der Waals surface area contributed by atoms with Crippen LogP contribution in [0.1, 0.15) is 20.3 Å². The Kier molecular flexibility index (Phi) is 5.89. The molecule has 126 valence electrons. The topological polar surface area (TPSA) is 67.4 Å². The molecule has 0 bridgehead atoms. The zero-order chi connectivity index (χ0) is 17.5. The van der Waals surface area contributed by atoms with Gasteiger partial charge in [0.25, 0.3) is 5.91 Å². The highest BCUT2D eigenvalue weighted by Crippen LogP contribution is 2.17. The van der Waals surface area contributed by atoms with Crippen LogP contribution in [0.2, 0.25) is 0 Å². The molecule has 0 heterocycles. The van der Waals surface area contributed by atoms with Crippen LogP contribution >= 0.6 is 0 Å². The first-order valence-corrected chi connectivity index (χ1v) is 7.58. The van der Waals surface area contributed by atoms with Gasteiger partial charge in [-0.25, -0.2) is 4.39 Å². The standard InChI is InChI=1S/C18H19FN2O3/c1-3-17(24-16-10-4-13(19)5-11-16)18(23)21-15-8-6-14(7-9-15)20-12(2)22/h4-11,17H,3H2,1-2H3,(H,20,22)(H,21,23)/t17-/m1/s1. The van der Waals surface area contributed by atoms with Gasteiger partial charge in [-0.1, -0.05) is 6.92 Å². The molecule has 0 saturated carbocycles. The van der Waals surface area contributed by atoms with Crippen molar-refractivity contribution in [3.63, 3.8) is 0 Å². The highest BCUT2D eigenvalue weighted by atomic mass is 19.1. The van der Waals surface area contributed by atoms with Gasteiger partial charge in [0.15, 0.2) is 6.10 Å². The zero-order valence-corrected chi connectivity index (χ0v) is 13.5. The van der Waals surface area contributed by atoms with E-state index in [0.29, 0.717) is 23.5 Å². The second-order valence-electron chi connectivity index (χ2n) is 5.22. The number of nitrogens with one attached hydrogen (secondary N) is 2.